The van der Waals surface area contributed by atoms with Gasteiger partial charge in [-0.15, -0.1) is 4.72 Å². The molecular weight excluding hydrogens is 396 g/mol. The van der Waals surface area contributed by atoms with E-state index in [4.69, 9.17) is 16.3 Å². The van der Waals surface area contributed by atoms with E-state index in [1.165, 1.54) is 0 Å². The molecule has 1 aromatic carbocycles. The zero-order chi connectivity index (χ0) is 21.1. The van der Waals surface area contributed by atoms with Crippen molar-refractivity contribution in [2.45, 2.75) is 70.8 Å². The molecule has 1 aliphatic rings. The normalized spacial score (nSPS) is 18.6. The summed E-state index contributed by atoms with van der Waals surface area (Å²) in [6.07, 6.45) is 1.38. The van der Waals surface area contributed by atoms with E-state index >= 15 is 0 Å². The maximum Gasteiger partial charge on any atom is 0.410 e. The van der Waals surface area contributed by atoms with Gasteiger partial charge in [0.25, 0.3) is 0 Å². The minimum absolute atomic E-state index is 0.0573. The summed E-state index contributed by atoms with van der Waals surface area (Å²) in [5.74, 6) is 0.270. The summed E-state index contributed by atoms with van der Waals surface area (Å²) in [5.41, 5.74) is 0.572. The van der Waals surface area contributed by atoms with Crippen LogP contribution in [0.15, 0.2) is 24.3 Å². The van der Waals surface area contributed by atoms with Gasteiger partial charge in [0.05, 0.1) is 6.04 Å². The van der Waals surface area contributed by atoms with Crippen LogP contribution in [-0.4, -0.2) is 39.0 Å². The van der Waals surface area contributed by atoms with Crippen molar-refractivity contribution in [3.63, 3.8) is 0 Å². The summed E-state index contributed by atoms with van der Waals surface area (Å²) in [6, 6.07) is 7.64. The van der Waals surface area contributed by atoms with Crippen LogP contribution in [0.1, 0.15) is 66.0 Å². The van der Waals surface area contributed by atoms with Crippen LogP contribution in [-0.2, 0) is 16.1 Å². The molecule has 1 amide bonds. The highest BCUT2D eigenvalue weighted by molar-refractivity contribution is 7.90. The SMILES string of the molecule is CC(C)(C)OC(=O)N1CCC([C@H](N[S+]([O-])C(C)(C)C)c2ccc(Cl)cc2)CC1. The molecule has 1 aliphatic heterocycles. The Hall–Kier alpha value is -0.950. The molecule has 0 bridgehead atoms. The Bertz CT molecular complexity index is 647. The maximum atomic E-state index is 12.8. The molecule has 0 aromatic heterocycles. The Kier molecular flexibility index (Phi) is 7.70. The van der Waals surface area contributed by atoms with Crippen LogP contribution in [0.3, 0.4) is 0 Å². The molecule has 0 aliphatic carbocycles. The highest BCUT2D eigenvalue weighted by atomic mass is 35.5. The van der Waals surface area contributed by atoms with Gasteiger partial charge in [-0.2, -0.15) is 0 Å². The van der Waals surface area contributed by atoms with E-state index in [-0.39, 0.29) is 22.8 Å². The third-order valence-electron chi connectivity index (χ3n) is 4.68. The standard InChI is InChI=1S/C21H33ClN2O3S/c1-20(2,3)27-19(25)24-13-11-16(12-14-24)18(23-28(26)21(4,5)6)15-7-9-17(22)10-8-15/h7-10,16,18,23H,11-14H2,1-6H3/t18-,28?/m1/s1. The van der Waals surface area contributed by atoms with Crippen LogP contribution in [0.25, 0.3) is 0 Å². The van der Waals surface area contributed by atoms with Crippen molar-refractivity contribution in [1.29, 1.82) is 0 Å². The first-order valence-corrected chi connectivity index (χ1v) is 11.3. The molecule has 1 saturated heterocycles. The van der Waals surface area contributed by atoms with Crippen molar-refractivity contribution in [3.8, 4) is 0 Å². The number of carbonyl (C=O) groups excluding carboxylic acids is 1. The predicted octanol–water partition coefficient (Wildman–Crippen LogP) is 5.08. The second-order valence-electron chi connectivity index (χ2n) is 9.33. The molecule has 7 heteroatoms. The Labute approximate surface area is 177 Å². The number of benzene rings is 1. The van der Waals surface area contributed by atoms with Gasteiger partial charge in [0, 0.05) is 29.5 Å². The summed E-state index contributed by atoms with van der Waals surface area (Å²) in [5, 5.41) is 0.680. The fourth-order valence-corrected chi connectivity index (χ4v) is 4.18. The largest absolute Gasteiger partial charge is 0.598 e. The van der Waals surface area contributed by atoms with Gasteiger partial charge in [-0.05, 0) is 78.0 Å². The van der Waals surface area contributed by atoms with Gasteiger partial charge >= 0.3 is 6.09 Å². The average molecular weight is 429 g/mol. The number of nitrogens with zero attached hydrogens (tertiary/aromatic N) is 1. The van der Waals surface area contributed by atoms with Gasteiger partial charge in [0.15, 0.2) is 0 Å². The number of rotatable bonds is 4. The van der Waals surface area contributed by atoms with E-state index in [2.05, 4.69) is 4.72 Å². The summed E-state index contributed by atoms with van der Waals surface area (Å²) >= 11 is 4.85. The van der Waals surface area contributed by atoms with Gasteiger partial charge in [-0.3, -0.25) is 0 Å². The Morgan fingerprint density at radius 1 is 1.18 bits per heavy atom. The predicted molar refractivity (Wildman–Crippen MR) is 116 cm³/mol. The Morgan fingerprint density at radius 2 is 1.71 bits per heavy atom. The van der Waals surface area contributed by atoms with Crippen LogP contribution in [0.4, 0.5) is 4.79 Å². The molecule has 1 aromatic rings. The molecule has 1 unspecified atom stereocenters. The number of hydrogen-bond acceptors (Lipinski definition) is 4. The number of ether oxygens (including phenoxy) is 1. The first-order valence-electron chi connectivity index (χ1n) is 9.78. The fraction of sp³-hybridized carbons (Fsp3) is 0.667. The minimum Gasteiger partial charge on any atom is -0.598 e. The highest BCUT2D eigenvalue weighted by Crippen LogP contribution is 2.34. The van der Waals surface area contributed by atoms with Gasteiger partial charge < -0.3 is 14.2 Å². The molecule has 5 nitrogen and oxygen atoms in total. The molecule has 28 heavy (non-hydrogen) atoms. The van der Waals surface area contributed by atoms with Crippen molar-refractivity contribution >= 4 is 29.1 Å². The maximum absolute atomic E-state index is 12.8. The number of likely N-dealkylation sites (tertiary alicyclic amines) is 1. The van der Waals surface area contributed by atoms with Gasteiger partial charge in [-0.25, -0.2) is 4.79 Å². The van der Waals surface area contributed by atoms with E-state index in [1.807, 2.05) is 65.8 Å². The number of nitrogens with one attached hydrogen (secondary N) is 1. The second kappa shape index (κ2) is 9.24. The number of hydrogen-bond donors (Lipinski definition) is 1. The molecule has 1 heterocycles. The molecule has 1 fully saturated rings. The molecule has 158 valence electrons. The molecule has 0 saturated carbocycles. The van der Waals surface area contributed by atoms with Crippen LogP contribution >= 0.6 is 11.6 Å². The van der Waals surface area contributed by atoms with Gasteiger partial charge in [0.1, 0.15) is 10.3 Å². The van der Waals surface area contributed by atoms with Crippen LogP contribution < -0.4 is 4.72 Å². The zero-order valence-corrected chi connectivity index (χ0v) is 19.3. The number of carbonyl (C=O) groups is 1. The van der Waals surface area contributed by atoms with Crippen molar-refractivity contribution in [3.05, 3.63) is 34.9 Å². The lowest BCUT2D eigenvalue weighted by Gasteiger charge is -2.38. The number of piperidine rings is 1. The van der Waals surface area contributed by atoms with E-state index in [9.17, 15) is 9.35 Å². The summed E-state index contributed by atoms with van der Waals surface area (Å²) in [6.45, 7) is 12.8. The molecular formula is C21H33ClN2O3S. The molecule has 0 spiro atoms. The first-order chi connectivity index (χ1) is 12.9. The lowest BCUT2D eigenvalue weighted by molar-refractivity contribution is 0.0172. The first kappa shape index (κ1) is 23.3. The quantitative estimate of drug-likeness (QED) is 0.679. The van der Waals surface area contributed by atoms with E-state index in [0.717, 1.165) is 18.4 Å². The smallest absolute Gasteiger partial charge is 0.410 e. The van der Waals surface area contributed by atoms with Crippen molar-refractivity contribution < 1.29 is 14.1 Å². The van der Waals surface area contributed by atoms with Crippen molar-refractivity contribution in [2.75, 3.05) is 13.1 Å². The average Bonchev–Trinajstić information content (AvgIpc) is 2.58. The van der Waals surface area contributed by atoms with E-state index in [1.54, 1.807) is 4.90 Å². The van der Waals surface area contributed by atoms with Crippen LogP contribution in [0, 0.1) is 5.92 Å². The van der Waals surface area contributed by atoms with E-state index in [0.29, 0.717) is 18.1 Å². The summed E-state index contributed by atoms with van der Waals surface area (Å²) in [7, 11) is 0. The van der Waals surface area contributed by atoms with Crippen molar-refractivity contribution in [1.82, 2.24) is 9.62 Å². The molecule has 0 radical (unpaired) electrons. The summed E-state index contributed by atoms with van der Waals surface area (Å²) < 4.78 is 21.2. The van der Waals surface area contributed by atoms with Crippen LogP contribution in [0.2, 0.25) is 5.02 Å². The zero-order valence-electron chi connectivity index (χ0n) is 17.8. The topological polar surface area (TPSA) is 64.6 Å². The summed E-state index contributed by atoms with van der Waals surface area (Å²) in [4.78, 5) is 14.1. The number of halogens is 1. The van der Waals surface area contributed by atoms with Gasteiger partial charge in [-0.1, -0.05) is 23.7 Å². The monoisotopic (exact) mass is 428 g/mol. The minimum atomic E-state index is -1.19. The molecule has 2 rings (SSSR count). The van der Waals surface area contributed by atoms with E-state index < -0.39 is 17.0 Å². The lowest BCUT2D eigenvalue weighted by atomic mass is 9.86. The van der Waals surface area contributed by atoms with Crippen molar-refractivity contribution in [2.24, 2.45) is 5.92 Å². The second-order valence-corrected chi connectivity index (χ2v) is 11.8. The fourth-order valence-electron chi connectivity index (χ4n) is 3.14. The third kappa shape index (κ3) is 6.83. The third-order valence-corrected chi connectivity index (χ3v) is 6.51. The molecule has 2 atom stereocenters. The van der Waals surface area contributed by atoms with Crippen LogP contribution in [0.5, 0.6) is 0 Å². The Morgan fingerprint density at radius 3 is 2.18 bits per heavy atom. The number of amides is 1. The Balaban J connectivity index is 2.10. The van der Waals surface area contributed by atoms with Gasteiger partial charge in [0.2, 0.25) is 0 Å². The highest BCUT2D eigenvalue weighted by Gasteiger charge is 2.36. The molecule has 1 N–H and O–H groups in total. The lowest BCUT2D eigenvalue weighted by Crippen LogP contribution is -2.47.